The molecule has 0 saturated heterocycles. The van der Waals surface area contributed by atoms with Crippen molar-refractivity contribution in [1.82, 2.24) is 0 Å². The molecule has 1 aromatic rings. The topological polar surface area (TPSA) is 0 Å². The zero-order valence-electron chi connectivity index (χ0n) is 5.43. The van der Waals surface area contributed by atoms with Crippen LogP contribution in [0.5, 0.6) is 0 Å². The van der Waals surface area contributed by atoms with Crippen molar-refractivity contribution < 1.29 is 0 Å². The normalized spacial score (nSPS) is 12.7. The zero-order chi connectivity index (χ0) is 6.10. The minimum Gasteiger partial charge on any atom is -0.0620 e. The molecule has 0 atom stereocenters. The molecule has 0 fully saturated rings. The van der Waals surface area contributed by atoms with Gasteiger partial charge in [-0.15, -0.1) is 0 Å². The number of hydrogen-bond donors (Lipinski definition) is 0. The van der Waals surface area contributed by atoms with Gasteiger partial charge in [-0.3, -0.25) is 0 Å². The molecule has 0 aliphatic heterocycles. The molecule has 1 aromatic carbocycles. The van der Waals surface area contributed by atoms with Crippen LogP contribution >= 0.6 is 0 Å². The second-order valence-corrected chi connectivity index (χ2v) is 2.62. The van der Waals surface area contributed by atoms with Crippen molar-refractivity contribution in [3.05, 3.63) is 35.4 Å². The van der Waals surface area contributed by atoms with E-state index < -0.39 is 0 Å². The van der Waals surface area contributed by atoms with Gasteiger partial charge in [0.25, 0.3) is 0 Å². The fourth-order valence-electron chi connectivity index (χ4n) is 1.51. The van der Waals surface area contributed by atoms with Gasteiger partial charge in [-0.05, 0) is 30.4 Å². The van der Waals surface area contributed by atoms with Gasteiger partial charge in [-0.25, -0.2) is 0 Å². The van der Waals surface area contributed by atoms with Crippen LogP contribution in [0.25, 0.3) is 0 Å². The maximum absolute atomic E-state index is 2.24. The Kier molecular flexibility index (Phi) is 6.44. The van der Waals surface area contributed by atoms with Crippen LogP contribution in [0.2, 0.25) is 0 Å². The molecule has 0 spiro atoms. The zero-order valence-corrected chi connectivity index (χ0v) is 5.43. The smallest absolute Gasteiger partial charge is 0.0273 e. The summed E-state index contributed by atoms with van der Waals surface area (Å²) in [6.07, 6.45) is 3.96. The van der Waals surface area contributed by atoms with Gasteiger partial charge in [-0.2, -0.15) is 0 Å². The SMILES string of the molecule is [NaH].[NaH].c1ccc2c(c1)CCC2. The minimum atomic E-state index is 0. The van der Waals surface area contributed by atoms with Gasteiger partial charge < -0.3 is 0 Å². The predicted molar refractivity (Wildman–Crippen MR) is 52.8 cm³/mol. The molecular weight excluding hydrogens is 154 g/mol. The molecule has 2 heteroatoms. The van der Waals surface area contributed by atoms with Crippen molar-refractivity contribution in [2.24, 2.45) is 0 Å². The van der Waals surface area contributed by atoms with E-state index in [9.17, 15) is 0 Å². The van der Waals surface area contributed by atoms with E-state index in [0.29, 0.717) is 0 Å². The molecule has 0 unspecified atom stereocenters. The van der Waals surface area contributed by atoms with Gasteiger partial charge in [-0.1, -0.05) is 24.3 Å². The van der Waals surface area contributed by atoms with Crippen LogP contribution < -0.4 is 0 Å². The van der Waals surface area contributed by atoms with E-state index in [-0.39, 0.29) is 59.1 Å². The Hall–Kier alpha value is 1.22. The largest absolute Gasteiger partial charge is 0.0620 e. The van der Waals surface area contributed by atoms with E-state index in [1.807, 2.05) is 0 Å². The molecule has 50 valence electrons. The summed E-state index contributed by atoms with van der Waals surface area (Å²) in [5.41, 5.74) is 3.13. The molecule has 2 rings (SSSR count). The molecule has 0 nitrogen and oxygen atoms in total. The Balaban J connectivity index is 0.000000500. The Morgan fingerprint density at radius 1 is 0.818 bits per heavy atom. The fourth-order valence-corrected chi connectivity index (χ4v) is 1.51. The summed E-state index contributed by atoms with van der Waals surface area (Å²) in [6, 6.07) is 8.74. The average Bonchev–Trinajstić information content (AvgIpc) is 2.33. The van der Waals surface area contributed by atoms with Crippen LogP contribution in [-0.2, 0) is 12.8 Å². The molecule has 0 bridgehead atoms. The number of rotatable bonds is 0. The Morgan fingerprint density at radius 2 is 1.27 bits per heavy atom. The monoisotopic (exact) mass is 166 g/mol. The third kappa shape index (κ3) is 2.87. The number of fused-ring (bicyclic) bond motifs is 1. The maximum atomic E-state index is 2.24. The average molecular weight is 166 g/mol. The van der Waals surface area contributed by atoms with Crippen LogP contribution in [0.4, 0.5) is 0 Å². The van der Waals surface area contributed by atoms with Crippen LogP contribution in [0.3, 0.4) is 0 Å². The van der Waals surface area contributed by atoms with E-state index >= 15 is 0 Å². The molecule has 0 saturated carbocycles. The van der Waals surface area contributed by atoms with Crippen LogP contribution in [0.15, 0.2) is 24.3 Å². The van der Waals surface area contributed by atoms with E-state index in [1.54, 1.807) is 11.1 Å². The third-order valence-electron chi connectivity index (χ3n) is 2.01. The molecule has 1 aliphatic rings. The summed E-state index contributed by atoms with van der Waals surface area (Å²) >= 11 is 0. The quantitative estimate of drug-likeness (QED) is 0.502. The molecular formula is C9H12Na2. The number of aryl methyl sites for hydroxylation is 2. The molecule has 0 aromatic heterocycles. The third-order valence-corrected chi connectivity index (χ3v) is 2.01. The Morgan fingerprint density at radius 3 is 1.73 bits per heavy atom. The molecule has 0 radical (unpaired) electrons. The summed E-state index contributed by atoms with van der Waals surface area (Å²) < 4.78 is 0. The molecule has 1 aliphatic carbocycles. The first-order valence-corrected chi connectivity index (χ1v) is 3.53. The Labute approximate surface area is 112 Å². The minimum absolute atomic E-state index is 0. The fraction of sp³-hybridized carbons (Fsp3) is 0.333. The molecule has 11 heavy (non-hydrogen) atoms. The first kappa shape index (κ1) is 12.2. The Bertz CT molecular complexity index is 198. The van der Waals surface area contributed by atoms with Gasteiger partial charge in [0.05, 0.1) is 0 Å². The second-order valence-electron chi connectivity index (χ2n) is 2.62. The number of benzene rings is 1. The van der Waals surface area contributed by atoms with Gasteiger partial charge in [0.1, 0.15) is 0 Å². The van der Waals surface area contributed by atoms with Crippen molar-refractivity contribution in [1.29, 1.82) is 0 Å². The van der Waals surface area contributed by atoms with Crippen molar-refractivity contribution in [3.63, 3.8) is 0 Å². The van der Waals surface area contributed by atoms with Crippen molar-refractivity contribution >= 4 is 59.1 Å². The van der Waals surface area contributed by atoms with Gasteiger partial charge in [0.2, 0.25) is 0 Å². The van der Waals surface area contributed by atoms with Crippen LogP contribution in [0.1, 0.15) is 17.5 Å². The first-order chi connectivity index (χ1) is 4.47. The van der Waals surface area contributed by atoms with Crippen molar-refractivity contribution in [2.45, 2.75) is 19.3 Å². The van der Waals surface area contributed by atoms with Crippen molar-refractivity contribution in [2.75, 3.05) is 0 Å². The van der Waals surface area contributed by atoms with Crippen molar-refractivity contribution in [3.8, 4) is 0 Å². The first-order valence-electron chi connectivity index (χ1n) is 3.53. The molecule has 0 heterocycles. The van der Waals surface area contributed by atoms with E-state index in [0.717, 1.165) is 0 Å². The molecule has 0 amide bonds. The number of hydrogen-bond acceptors (Lipinski definition) is 0. The molecule has 0 N–H and O–H groups in total. The van der Waals surface area contributed by atoms with Gasteiger partial charge in [0.15, 0.2) is 0 Å². The van der Waals surface area contributed by atoms with E-state index in [2.05, 4.69) is 24.3 Å². The van der Waals surface area contributed by atoms with Crippen LogP contribution in [-0.4, -0.2) is 59.1 Å². The van der Waals surface area contributed by atoms with Crippen LogP contribution in [0, 0.1) is 0 Å². The van der Waals surface area contributed by atoms with E-state index in [4.69, 9.17) is 0 Å². The summed E-state index contributed by atoms with van der Waals surface area (Å²) in [4.78, 5) is 0. The summed E-state index contributed by atoms with van der Waals surface area (Å²) in [6.45, 7) is 0. The van der Waals surface area contributed by atoms with E-state index in [1.165, 1.54) is 19.3 Å². The summed E-state index contributed by atoms with van der Waals surface area (Å²) in [5.74, 6) is 0. The second kappa shape index (κ2) is 5.80. The summed E-state index contributed by atoms with van der Waals surface area (Å²) in [5, 5.41) is 0. The maximum Gasteiger partial charge on any atom is -0.0273 e. The van der Waals surface area contributed by atoms with Gasteiger partial charge in [0, 0.05) is 0 Å². The van der Waals surface area contributed by atoms with Gasteiger partial charge >= 0.3 is 59.1 Å². The summed E-state index contributed by atoms with van der Waals surface area (Å²) in [7, 11) is 0. The predicted octanol–water partition coefficient (Wildman–Crippen LogP) is 0.878. The standard InChI is InChI=1S/C9H10.2Na.2H/c1-2-5-9-7-3-6-8(9)4-1;;;;/h1-2,4-5H,3,6-7H2;;;;.